The minimum absolute atomic E-state index is 0.220. The Bertz CT molecular complexity index is 871. The van der Waals surface area contributed by atoms with E-state index in [4.69, 9.17) is 4.52 Å². The molecule has 1 atom stereocenters. The van der Waals surface area contributed by atoms with Gasteiger partial charge in [-0.05, 0) is 51.9 Å². The second-order valence-electron chi connectivity index (χ2n) is 6.81. The Morgan fingerprint density at radius 3 is 2.59 bits per heavy atom. The number of likely N-dealkylation sites (tertiary alicyclic amines) is 1. The molecule has 27 heavy (non-hydrogen) atoms. The zero-order valence-electron chi connectivity index (χ0n) is 15.7. The van der Waals surface area contributed by atoms with E-state index in [0.717, 1.165) is 29.8 Å². The van der Waals surface area contributed by atoms with Crippen molar-refractivity contribution in [2.45, 2.75) is 50.1 Å². The summed E-state index contributed by atoms with van der Waals surface area (Å²) in [6, 6.07) is 10.5. The van der Waals surface area contributed by atoms with Crippen molar-refractivity contribution in [2.24, 2.45) is 0 Å². The van der Waals surface area contributed by atoms with Crippen LogP contribution in [-0.2, 0) is 5.75 Å². The summed E-state index contributed by atoms with van der Waals surface area (Å²) >= 11 is 1.57. The van der Waals surface area contributed by atoms with Crippen LogP contribution >= 0.6 is 11.8 Å². The topological polar surface area (TPSA) is 72.9 Å². The van der Waals surface area contributed by atoms with Crippen LogP contribution in [0.4, 0.5) is 0 Å². The van der Waals surface area contributed by atoms with E-state index < -0.39 is 0 Å². The summed E-state index contributed by atoms with van der Waals surface area (Å²) in [5, 5.41) is 13.8. The lowest BCUT2D eigenvalue weighted by molar-refractivity contribution is 0.167. The number of piperidine rings is 1. The summed E-state index contributed by atoms with van der Waals surface area (Å²) < 4.78 is 7.39. The number of benzene rings is 1. The monoisotopic (exact) mass is 384 g/mol. The van der Waals surface area contributed by atoms with Crippen molar-refractivity contribution in [3.05, 3.63) is 47.9 Å². The fourth-order valence-corrected chi connectivity index (χ4v) is 4.26. The minimum Gasteiger partial charge on any atom is -0.338 e. The summed E-state index contributed by atoms with van der Waals surface area (Å²) in [5.41, 5.74) is 1.07. The number of hydrogen-bond acceptors (Lipinski definition) is 7. The Hall–Kier alpha value is -2.19. The highest BCUT2D eigenvalue weighted by atomic mass is 32.2. The second kappa shape index (κ2) is 8.22. The van der Waals surface area contributed by atoms with Crippen LogP contribution in [0.2, 0.25) is 0 Å². The molecule has 1 fully saturated rings. The normalized spacial score (nSPS) is 16.5. The zero-order valence-corrected chi connectivity index (χ0v) is 16.5. The van der Waals surface area contributed by atoms with Crippen molar-refractivity contribution < 1.29 is 4.52 Å². The Morgan fingerprint density at radius 2 is 1.89 bits per heavy atom. The first-order valence-electron chi connectivity index (χ1n) is 9.39. The van der Waals surface area contributed by atoms with E-state index in [9.17, 15) is 0 Å². The average molecular weight is 385 g/mol. The molecule has 0 radical (unpaired) electrons. The first-order valence-corrected chi connectivity index (χ1v) is 10.4. The molecule has 0 amide bonds. The third kappa shape index (κ3) is 4.06. The molecule has 0 aliphatic carbocycles. The standard InChI is InChI=1S/C19H24N6OS/c1-14(24-11-7-4-8-12-24)18-21-22-19(25(18)16-9-5-3-6-10-16)27-13-17-20-15(2)23-26-17/h3,5-6,9-10,14H,4,7-8,11-13H2,1-2H3/t14-/m1/s1. The molecule has 4 rings (SSSR count). The largest absolute Gasteiger partial charge is 0.338 e. The fraction of sp³-hybridized carbons (Fsp3) is 0.474. The molecule has 3 heterocycles. The van der Waals surface area contributed by atoms with Crippen molar-refractivity contribution >= 4 is 11.8 Å². The van der Waals surface area contributed by atoms with Gasteiger partial charge in [0, 0.05) is 5.69 Å². The summed E-state index contributed by atoms with van der Waals surface area (Å²) in [6.07, 6.45) is 3.82. The van der Waals surface area contributed by atoms with Gasteiger partial charge in [0.25, 0.3) is 0 Å². The summed E-state index contributed by atoms with van der Waals surface area (Å²) in [5.74, 6) is 2.80. The van der Waals surface area contributed by atoms with E-state index in [-0.39, 0.29) is 6.04 Å². The molecule has 1 saturated heterocycles. The summed E-state index contributed by atoms with van der Waals surface area (Å²) in [7, 11) is 0. The molecule has 0 bridgehead atoms. The maximum atomic E-state index is 5.23. The van der Waals surface area contributed by atoms with Gasteiger partial charge in [-0.25, -0.2) is 0 Å². The number of para-hydroxylation sites is 1. The molecule has 8 heteroatoms. The molecule has 0 saturated carbocycles. The van der Waals surface area contributed by atoms with Gasteiger partial charge in [0.1, 0.15) is 0 Å². The number of hydrogen-bond donors (Lipinski definition) is 0. The predicted octanol–water partition coefficient (Wildman–Crippen LogP) is 3.80. The van der Waals surface area contributed by atoms with Gasteiger partial charge in [0.2, 0.25) is 5.89 Å². The van der Waals surface area contributed by atoms with Gasteiger partial charge in [-0.3, -0.25) is 9.47 Å². The molecular weight excluding hydrogens is 360 g/mol. The molecule has 0 unspecified atom stereocenters. The van der Waals surface area contributed by atoms with E-state index in [0.29, 0.717) is 17.5 Å². The number of rotatable bonds is 6. The fourth-order valence-electron chi connectivity index (χ4n) is 3.46. The molecule has 0 N–H and O–H groups in total. The summed E-state index contributed by atoms with van der Waals surface area (Å²) in [4.78, 5) is 6.78. The SMILES string of the molecule is Cc1noc(CSc2nnc([C@@H](C)N3CCCCC3)n2-c2ccccc2)n1. The van der Waals surface area contributed by atoms with E-state index in [2.05, 4.69) is 48.9 Å². The first-order chi connectivity index (χ1) is 13.2. The quantitative estimate of drug-likeness (QED) is 0.599. The van der Waals surface area contributed by atoms with E-state index in [1.54, 1.807) is 11.8 Å². The average Bonchev–Trinajstić information content (AvgIpc) is 3.33. The van der Waals surface area contributed by atoms with Gasteiger partial charge in [-0.1, -0.05) is 41.5 Å². The van der Waals surface area contributed by atoms with Gasteiger partial charge < -0.3 is 4.52 Å². The Kier molecular flexibility index (Phi) is 5.54. The van der Waals surface area contributed by atoms with Crippen LogP contribution in [0.5, 0.6) is 0 Å². The van der Waals surface area contributed by atoms with Crippen LogP contribution < -0.4 is 0 Å². The number of nitrogens with zero attached hydrogens (tertiary/aromatic N) is 6. The van der Waals surface area contributed by atoms with Crippen LogP contribution in [-0.4, -0.2) is 42.9 Å². The third-order valence-electron chi connectivity index (χ3n) is 4.88. The molecule has 7 nitrogen and oxygen atoms in total. The maximum Gasteiger partial charge on any atom is 0.237 e. The number of aromatic nitrogens is 5. The Morgan fingerprint density at radius 1 is 1.11 bits per heavy atom. The Balaban J connectivity index is 1.63. The van der Waals surface area contributed by atoms with Gasteiger partial charge >= 0.3 is 0 Å². The van der Waals surface area contributed by atoms with Crippen LogP contribution in [0.1, 0.15) is 49.8 Å². The molecule has 3 aromatic rings. The van der Waals surface area contributed by atoms with Gasteiger partial charge in [0.15, 0.2) is 16.8 Å². The summed E-state index contributed by atoms with van der Waals surface area (Å²) in [6.45, 7) is 6.28. The third-order valence-corrected chi connectivity index (χ3v) is 5.79. The highest BCUT2D eigenvalue weighted by Gasteiger charge is 2.25. The Labute approximate surface area is 163 Å². The van der Waals surface area contributed by atoms with Crippen LogP contribution in [0, 0.1) is 6.92 Å². The van der Waals surface area contributed by atoms with Crippen molar-refractivity contribution in [2.75, 3.05) is 13.1 Å². The molecule has 142 valence electrons. The molecule has 1 aromatic carbocycles. The second-order valence-corrected chi connectivity index (χ2v) is 7.75. The number of thioether (sulfide) groups is 1. The molecular formula is C19H24N6OS. The van der Waals surface area contributed by atoms with Gasteiger partial charge in [-0.15, -0.1) is 10.2 Å². The lowest BCUT2D eigenvalue weighted by Crippen LogP contribution is -2.33. The highest BCUT2D eigenvalue weighted by molar-refractivity contribution is 7.98. The molecule has 1 aliphatic heterocycles. The predicted molar refractivity (Wildman–Crippen MR) is 104 cm³/mol. The lowest BCUT2D eigenvalue weighted by Gasteiger charge is -2.31. The molecule has 0 spiro atoms. The first kappa shape index (κ1) is 18.2. The molecule has 2 aromatic heterocycles. The maximum absolute atomic E-state index is 5.23. The van der Waals surface area contributed by atoms with E-state index in [1.165, 1.54) is 19.3 Å². The van der Waals surface area contributed by atoms with Crippen molar-refractivity contribution in [1.82, 2.24) is 29.8 Å². The molecule has 1 aliphatic rings. The lowest BCUT2D eigenvalue weighted by atomic mass is 10.1. The zero-order chi connectivity index (χ0) is 18.6. The van der Waals surface area contributed by atoms with Crippen LogP contribution in [0.15, 0.2) is 40.0 Å². The van der Waals surface area contributed by atoms with Gasteiger partial charge in [0.05, 0.1) is 11.8 Å². The highest BCUT2D eigenvalue weighted by Crippen LogP contribution is 2.30. The van der Waals surface area contributed by atoms with Crippen molar-refractivity contribution in [1.29, 1.82) is 0 Å². The van der Waals surface area contributed by atoms with E-state index >= 15 is 0 Å². The van der Waals surface area contributed by atoms with Crippen molar-refractivity contribution in [3.8, 4) is 5.69 Å². The smallest absolute Gasteiger partial charge is 0.237 e. The number of aryl methyl sites for hydroxylation is 1. The van der Waals surface area contributed by atoms with Gasteiger partial charge in [-0.2, -0.15) is 4.98 Å². The van der Waals surface area contributed by atoms with Crippen LogP contribution in [0.3, 0.4) is 0 Å². The van der Waals surface area contributed by atoms with Crippen molar-refractivity contribution in [3.63, 3.8) is 0 Å². The van der Waals surface area contributed by atoms with Crippen LogP contribution in [0.25, 0.3) is 5.69 Å². The minimum atomic E-state index is 0.220. The van der Waals surface area contributed by atoms with E-state index in [1.807, 2.05) is 25.1 Å².